The van der Waals surface area contributed by atoms with Crippen molar-refractivity contribution in [2.24, 2.45) is 0 Å². The Bertz CT molecular complexity index is 1340. The number of hydrogen-bond donors (Lipinski definition) is 1. The zero-order valence-corrected chi connectivity index (χ0v) is 18.4. The Balaban J connectivity index is 1.25. The van der Waals surface area contributed by atoms with Crippen molar-refractivity contribution < 1.29 is 19.0 Å². The van der Waals surface area contributed by atoms with Crippen LogP contribution >= 0.6 is 0 Å². The number of aromatic nitrogens is 1. The molecule has 0 saturated carbocycles. The molecule has 0 amide bonds. The number of anilines is 1. The van der Waals surface area contributed by atoms with Gasteiger partial charge < -0.3 is 14.7 Å². The number of carbonyl (C=O) groups is 1. The van der Waals surface area contributed by atoms with E-state index in [1.54, 1.807) is 6.07 Å². The fraction of sp³-hybridized carbons (Fsp3) is 0.143. The highest BCUT2D eigenvalue weighted by Gasteiger charge is 2.19. The van der Waals surface area contributed by atoms with Gasteiger partial charge in [-0.1, -0.05) is 42.5 Å². The van der Waals surface area contributed by atoms with Gasteiger partial charge in [0.05, 0.1) is 11.8 Å². The Labute approximate surface area is 197 Å². The second-order valence-corrected chi connectivity index (χ2v) is 8.35. The van der Waals surface area contributed by atoms with Crippen molar-refractivity contribution in [3.05, 3.63) is 113 Å². The van der Waals surface area contributed by atoms with Gasteiger partial charge in [-0.3, -0.25) is 4.98 Å². The molecule has 0 atom stereocenters. The van der Waals surface area contributed by atoms with Gasteiger partial charge in [-0.05, 0) is 64.6 Å². The molecule has 5 rings (SSSR count). The van der Waals surface area contributed by atoms with Crippen molar-refractivity contribution in [3.63, 3.8) is 0 Å². The minimum Gasteiger partial charge on any atom is -0.487 e. The van der Waals surface area contributed by atoms with Crippen LogP contribution < -0.4 is 9.64 Å². The molecule has 0 spiro atoms. The van der Waals surface area contributed by atoms with Crippen molar-refractivity contribution in [1.29, 1.82) is 0 Å². The highest BCUT2D eigenvalue weighted by atomic mass is 19.1. The molecule has 0 fully saturated rings. The molecule has 1 aromatic heterocycles. The van der Waals surface area contributed by atoms with Crippen molar-refractivity contribution >= 4 is 11.7 Å². The fourth-order valence-corrected chi connectivity index (χ4v) is 4.25. The first-order valence-electron chi connectivity index (χ1n) is 11.1. The second kappa shape index (κ2) is 9.35. The van der Waals surface area contributed by atoms with E-state index in [1.807, 2.05) is 18.2 Å². The van der Waals surface area contributed by atoms with E-state index >= 15 is 0 Å². The highest BCUT2D eigenvalue weighted by Crippen LogP contribution is 2.30. The number of aromatic carboxylic acids is 1. The van der Waals surface area contributed by atoms with Gasteiger partial charge in [0, 0.05) is 25.0 Å². The third-order valence-electron chi connectivity index (χ3n) is 5.99. The summed E-state index contributed by atoms with van der Waals surface area (Å²) < 4.78 is 19.2. The Hall–Kier alpha value is -4.19. The zero-order valence-electron chi connectivity index (χ0n) is 18.4. The first-order chi connectivity index (χ1) is 16.5. The average Bonchev–Trinajstić information content (AvgIpc) is 3.25. The molecule has 4 aromatic rings. The predicted molar refractivity (Wildman–Crippen MR) is 129 cm³/mol. The monoisotopic (exact) mass is 454 g/mol. The molecule has 0 bridgehead atoms. The topological polar surface area (TPSA) is 62.7 Å². The maximum absolute atomic E-state index is 13.5. The maximum Gasteiger partial charge on any atom is 0.337 e. The number of ether oxygens (including phenoxy) is 1. The number of carboxylic acids is 1. The van der Waals surface area contributed by atoms with Crippen molar-refractivity contribution in [3.8, 4) is 16.9 Å². The number of halogens is 1. The van der Waals surface area contributed by atoms with Crippen LogP contribution in [0.25, 0.3) is 11.1 Å². The molecule has 1 N–H and O–H groups in total. The molecule has 1 aliphatic rings. The standard InChI is InChI=1S/C28H23FN2O3/c29-25-8-9-27-23(13-25)10-11-31(27)17-20-2-1-3-22(12-20)21-6-4-19(5-7-21)18-34-26-14-24(28(32)33)15-30-16-26/h1-9,12-16H,10-11,17-18H2,(H,32,33). The van der Waals surface area contributed by atoms with Gasteiger partial charge in [-0.15, -0.1) is 0 Å². The number of nitrogens with zero attached hydrogens (tertiary/aromatic N) is 2. The lowest BCUT2D eigenvalue weighted by atomic mass is 10.0. The van der Waals surface area contributed by atoms with Gasteiger partial charge in [0.2, 0.25) is 0 Å². The largest absolute Gasteiger partial charge is 0.487 e. The quantitative estimate of drug-likeness (QED) is 0.387. The minimum absolute atomic E-state index is 0.0947. The van der Waals surface area contributed by atoms with Crippen LogP contribution in [0.15, 0.2) is 85.2 Å². The molecule has 34 heavy (non-hydrogen) atoms. The summed E-state index contributed by atoms with van der Waals surface area (Å²) in [4.78, 5) is 17.3. The lowest BCUT2D eigenvalue weighted by Crippen LogP contribution is -2.19. The molecule has 5 nitrogen and oxygen atoms in total. The minimum atomic E-state index is -1.03. The summed E-state index contributed by atoms with van der Waals surface area (Å²) in [6.45, 7) is 1.99. The van der Waals surface area contributed by atoms with E-state index in [1.165, 1.54) is 30.1 Å². The Morgan fingerprint density at radius 3 is 2.65 bits per heavy atom. The third-order valence-corrected chi connectivity index (χ3v) is 5.99. The molecule has 170 valence electrons. The van der Waals surface area contributed by atoms with E-state index in [-0.39, 0.29) is 11.4 Å². The molecular formula is C28H23FN2O3. The summed E-state index contributed by atoms with van der Waals surface area (Å²) in [5, 5.41) is 9.07. The maximum atomic E-state index is 13.5. The van der Waals surface area contributed by atoms with E-state index in [9.17, 15) is 9.18 Å². The number of benzene rings is 3. The number of pyridine rings is 1. The normalized spacial score (nSPS) is 12.4. The highest BCUT2D eigenvalue weighted by molar-refractivity contribution is 5.87. The predicted octanol–water partition coefficient (Wildman–Crippen LogP) is 5.73. The van der Waals surface area contributed by atoms with Crippen LogP contribution in [-0.2, 0) is 19.6 Å². The van der Waals surface area contributed by atoms with Crippen molar-refractivity contribution in [1.82, 2.24) is 4.98 Å². The van der Waals surface area contributed by atoms with Crippen LogP contribution in [0.4, 0.5) is 10.1 Å². The number of hydrogen-bond acceptors (Lipinski definition) is 4. The van der Waals surface area contributed by atoms with Crippen LogP contribution in [0.5, 0.6) is 5.75 Å². The molecule has 0 saturated heterocycles. The summed E-state index contributed by atoms with van der Waals surface area (Å²) in [7, 11) is 0. The molecule has 3 aromatic carbocycles. The van der Waals surface area contributed by atoms with Crippen molar-refractivity contribution in [2.75, 3.05) is 11.4 Å². The number of fused-ring (bicyclic) bond motifs is 1. The Kier molecular flexibility index (Phi) is 5.95. The van der Waals surface area contributed by atoms with Crippen LogP contribution in [-0.4, -0.2) is 22.6 Å². The van der Waals surface area contributed by atoms with Crippen LogP contribution in [0, 0.1) is 5.82 Å². The summed E-state index contributed by atoms with van der Waals surface area (Å²) in [5.41, 5.74) is 6.68. The van der Waals surface area contributed by atoms with Crippen LogP contribution in [0.2, 0.25) is 0 Å². The third kappa shape index (κ3) is 4.76. The summed E-state index contributed by atoms with van der Waals surface area (Å²) in [5.74, 6) is -0.794. The van der Waals surface area contributed by atoms with E-state index in [4.69, 9.17) is 9.84 Å². The molecule has 2 heterocycles. The zero-order chi connectivity index (χ0) is 23.5. The smallest absolute Gasteiger partial charge is 0.337 e. The Morgan fingerprint density at radius 1 is 0.971 bits per heavy atom. The molecule has 0 unspecified atom stereocenters. The van der Waals surface area contributed by atoms with Crippen LogP contribution in [0.3, 0.4) is 0 Å². The van der Waals surface area contributed by atoms with Crippen LogP contribution in [0.1, 0.15) is 27.0 Å². The molecule has 0 aliphatic carbocycles. The number of rotatable bonds is 7. The van der Waals surface area contributed by atoms with E-state index in [0.717, 1.165) is 47.5 Å². The summed E-state index contributed by atoms with van der Waals surface area (Å²) in [6.07, 6.45) is 3.66. The molecule has 0 radical (unpaired) electrons. The number of carboxylic acid groups (broad SMARTS) is 1. The van der Waals surface area contributed by atoms with Gasteiger partial charge in [0.1, 0.15) is 18.2 Å². The Morgan fingerprint density at radius 2 is 1.82 bits per heavy atom. The SMILES string of the molecule is O=C(O)c1cncc(OCc2ccc(-c3cccc(CN4CCc5cc(F)ccc54)c3)cc2)c1. The fourth-order valence-electron chi connectivity index (χ4n) is 4.25. The lowest BCUT2D eigenvalue weighted by molar-refractivity contribution is 0.0696. The first-order valence-corrected chi connectivity index (χ1v) is 11.1. The summed E-state index contributed by atoms with van der Waals surface area (Å²) >= 11 is 0. The molecule has 1 aliphatic heterocycles. The summed E-state index contributed by atoms with van der Waals surface area (Å²) in [6, 6.07) is 23.1. The van der Waals surface area contributed by atoms with Gasteiger partial charge in [0.25, 0.3) is 0 Å². The van der Waals surface area contributed by atoms with E-state index < -0.39 is 5.97 Å². The second-order valence-electron chi connectivity index (χ2n) is 8.35. The van der Waals surface area contributed by atoms with Gasteiger partial charge in [0.15, 0.2) is 0 Å². The van der Waals surface area contributed by atoms with Gasteiger partial charge >= 0.3 is 5.97 Å². The first kappa shape index (κ1) is 21.6. The molecular weight excluding hydrogens is 431 g/mol. The van der Waals surface area contributed by atoms with E-state index in [0.29, 0.717) is 12.4 Å². The van der Waals surface area contributed by atoms with Gasteiger partial charge in [-0.2, -0.15) is 0 Å². The van der Waals surface area contributed by atoms with E-state index in [2.05, 4.69) is 46.3 Å². The van der Waals surface area contributed by atoms with Gasteiger partial charge in [-0.25, -0.2) is 9.18 Å². The average molecular weight is 455 g/mol. The van der Waals surface area contributed by atoms with Crippen molar-refractivity contribution in [2.45, 2.75) is 19.6 Å². The lowest BCUT2D eigenvalue weighted by Gasteiger charge is -2.20. The molecule has 6 heteroatoms.